The van der Waals surface area contributed by atoms with Gasteiger partial charge in [0.15, 0.2) is 0 Å². The van der Waals surface area contributed by atoms with Gasteiger partial charge < -0.3 is 4.74 Å². The van der Waals surface area contributed by atoms with Crippen LogP contribution >= 0.6 is 0 Å². The minimum Gasteiger partial charge on any atom is -0.423 e. The Bertz CT molecular complexity index is 1010. The van der Waals surface area contributed by atoms with Gasteiger partial charge in [-0.15, -0.1) is 0 Å². The standard InChI is InChI=1S/C21H15F6NO2/c1-2-19(14-6-8-15(9-7-14)20(22,23)24)11-13(12-28-19)18(29)30-17-5-3-4-16(10-17)21(25,26)27/h3-12H,2H2,1H3. The minimum atomic E-state index is -4.59. The van der Waals surface area contributed by atoms with Crippen LogP contribution in [0.4, 0.5) is 26.3 Å². The number of ether oxygens (including phenoxy) is 1. The Morgan fingerprint density at radius 2 is 1.60 bits per heavy atom. The molecule has 0 aliphatic carbocycles. The van der Waals surface area contributed by atoms with E-state index in [1.54, 1.807) is 6.92 Å². The van der Waals surface area contributed by atoms with Gasteiger partial charge in [0.05, 0.1) is 16.7 Å². The molecule has 0 saturated carbocycles. The fraction of sp³-hybridized carbons (Fsp3) is 0.238. The molecule has 0 radical (unpaired) electrons. The first kappa shape index (κ1) is 21.6. The van der Waals surface area contributed by atoms with Crippen molar-refractivity contribution in [3.8, 4) is 5.75 Å². The molecule has 1 aliphatic heterocycles. The van der Waals surface area contributed by atoms with Crippen molar-refractivity contribution in [1.29, 1.82) is 0 Å². The van der Waals surface area contributed by atoms with Gasteiger partial charge in [-0.1, -0.05) is 25.1 Å². The maximum absolute atomic E-state index is 12.8. The maximum atomic E-state index is 12.8. The van der Waals surface area contributed by atoms with Crippen LogP contribution in [0.15, 0.2) is 65.2 Å². The van der Waals surface area contributed by atoms with Gasteiger partial charge in [-0.3, -0.25) is 4.99 Å². The van der Waals surface area contributed by atoms with Gasteiger partial charge in [0, 0.05) is 6.21 Å². The van der Waals surface area contributed by atoms with Crippen molar-refractivity contribution < 1.29 is 35.9 Å². The molecule has 2 aromatic carbocycles. The Morgan fingerprint density at radius 1 is 0.967 bits per heavy atom. The number of nitrogens with zero attached hydrogens (tertiary/aromatic N) is 1. The van der Waals surface area contributed by atoms with Crippen molar-refractivity contribution in [2.45, 2.75) is 31.2 Å². The summed E-state index contributed by atoms with van der Waals surface area (Å²) in [4.78, 5) is 16.7. The summed E-state index contributed by atoms with van der Waals surface area (Å²) in [6, 6.07) is 8.28. The van der Waals surface area contributed by atoms with E-state index in [2.05, 4.69) is 4.99 Å². The van der Waals surface area contributed by atoms with E-state index in [9.17, 15) is 31.1 Å². The lowest BCUT2D eigenvalue weighted by Gasteiger charge is -2.23. The predicted octanol–water partition coefficient (Wildman–Crippen LogP) is 5.95. The molecule has 0 amide bonds. The van der Waals surface area contributed by atoms with Crippen LogP contribution in [0.3, 0.4) is 0 Å². The third-order valence-electron chi connectivity index (χ3n) is 4.69. The van der Waals surface area contributed by atoms with Crippen LogP contribution in [0.2, 0.25) is 0 Å². The summed E-state index contributed by atoms with van der Waals surface area (Å²) in [5.74, 6) is -1.20. The van der Waals surface area contributed by atoms with E-state index < -0.39 is 35.0 Å². The summed E-state index contributed by atoms with van der Waals surface area (Å²) >= 11 is 0. The van der Waals surface area contributed by atoms with Crippen molar-refractivity contribution in [1.82, 2.24) is 0 Å². The van der Waals surface area contributed by atoms with E-state index >= 15 is 0 Å². The fourth-order valence-electron chi connectivity index (χ4n) is 3.03. The molecule has 1 unspecified atom stereocenters. The minimum absolute atomic E-state index is 0.00541. The number of halogens is 6. The molecule has 0 bridgehead atoms. The molecule has 1 heterocycles. The van der Waals surface area contributed by atoms with Gasteiger partial charge in [0.2, 0.25) is 0 Å². The summed E-state index contributed by atoms with van der Waals surface area (Å²) in [5.41, 5.74) is -2.40. The highest BCUT2D eigenvalue weighted by molar-refractivity contribution is 6.11. The van der Waals surface area contributed by atoms with Crippen molar-refractivity contribution in [2.75, 3.05) is 0 Å². The Morgan fingerprint density at radius 3 is 2.17 bits per heavy atom. The Labute approximate surface area is 167 Å². The zero-order valence-electron chi connectivity index (χ0n) is 15.5. The molecule has 158 valence electrons. The Balaban J connectivity index is 1.83. The first-order valence-corrected chi connectivity index (χ1v) is 8.80. The third-order valence-corrected chi connectivity index (χ3v) is 4.69. The highest BCUT2D eigenvalue weighted by Crippen LogP contribution is 2.38. The number of hydrogen-bond donors (Lipinski definition) is 0. The van der Waals surface area contributed by atoms with Crippen molar-refractivity contribution >= 4 is 12.2 Å². The number of carbonyl (C=O) groups is 1. The number of aliphatic imine (C=N–C) groups is 1. The third kappa shape index (κ3) is 4.39. The quantitative estimate of drug-likeness (QED) is 0.344. The average Bonchev–Trinajstić information content (AvgIpc) is 3.13. The SMILES string of the molecule is CCC1(c2ccc(C(F)(F)F)cc2)C=C(C(=O)Oc2cccc(C(F)(F)F)c2)C=N1. The van der Waals surface area contributed by atoms with E-state index in [1.165, 1.54) is 30.5 Å². The lowest BCUT2D eigenvalue weighted by atomic mass is 9.87. The van der Waals surface area contributed by atoms with Gasteiger partial charge in [0.1, 0.15) is 11.3 Å². The van der Waals surface area contributed by atoms with Gasteiger partial charge in [-0.25, -0.2) is 4.79 Å². The second-order valence-electron chi connectivity index (χ2n) is 6.63. The lowest BCUT2D eigenvalue weighted by molar-refractivity contribution is -0.138. The first-order chi connectivity index (χ1) is 13.9. The van der Waals surface area contributed by atoms with Crippen LogP contribution in [-0.2, 0) is 22.7 Å². The summed E-state index contributed by atoms with van der Waals surface area (Å²) < 4.78 is 81.8. The second-order valence-corrected chi connectivity index (χ2v) is 6.63. The largest absolute Gasteiger partial charge is 0.423 e. The molecule has 2 aromatic rings. The molecule has 0 N–H and O–H groups in total. The normalized spacial score (nSPS) is 19.0. The van der Waals surface area contributed by atoms with Gasteiger partial charge in [0.25, 0.3) is 0 Å². The van der Waals surface area contributed by atoms with Gasteiger partial charge in [-0.2, -0.15) is 26.3 Å². The van der Waals surface area contributed by atoms with Crippen LogP contribution < -0.4 is 4.74 Å². The molecule has 1 aliphatic rings. The molecule has 30 heavy (non-hydrogen) atoms. The number of benzene rings is 2. The van der Waals surface area contributed by atoms with E-state index in [1.807, 2.05) is 0 Å². The van der Waals surface area contributed by atoms with Crippen LogP contribution in [0, 0.1) is 0 Å². The number of hydrogen-bond acceptors (Lipinski definition) is 3. The highest BCUT2D eigenvalue weighted by Gasteiger charge is 2.35. The summed E-state index contributed by atoms with van der Waals surface area (Å²) in [7, 11) is 0. The van der Waals surface area contributed by atoms with Crippen molar-refractivity contribution in [3.05, 3.63) is 76.9 Å². The van der Waals surface area contributed by atoms with Crippen molar-refractivity contribution in [2.24, 2.45) is 4.99 Å². The molecule has 0 saturated heterocycles. The maximum Gasteiger partial charge on any atom is 0.416 e. The zero-order chi connectivity index (χ0) is 22.2. The van der Waals surface area contributed by atoms with E-state index in [0.29, 0.717) is 18.1 Å². The molecule has 3 nitrogen and oxygen atoms in total. The zero-order valence-corrected chi connectivity index (χ0v) is 15.5. The number of rotatable bonds is 4. The summed E-state index contributed by atoms with van der Waals surface area (Å²) in [6.45, 7) is 1.74. The monoisotopic (exact) mass is 427 g/mol. The highest BCUT2D eigenvalue weighted by atomic mass is 19.4. The van der Waals surface area contributed by atoms with Crippen LogP contribution in [0.1, 0.15) is 30.0 Å². The van der Waals surface area contributed by atoms with Gasteiger partial charge >= 0.3 is 18.3 Å². The topological polar surface area (TPSA) is 38.7 Å². The second kappa shape index (κ2) is 7.62. The van der Waals surface area contributed by atoms with Crippen LogP contribution in [0.5, 0.6) is 5.75 Å². The summed E-state index contributed by atoms with van der Waals surface area (Å²) in [6.07, 6.45) is -6.08. The lowest BCUT2D eigenvalue weighted by Crippen LogP contribution is -2.19. The first-order valence-electron chi connectivity index (χ1n) is 8.80. The Hall–Kier alpha value is -3.10. The average molecular weight is 427 g/mol. The molecular weight excluding hydrogens is 412 g/mol. The number of carbonyl (C=O) groups excluding carboxylic acids is 1. The molecule has 0 fully saturated rings. The molecule has 0 aromatic heterocycles. The molecule has 1 atom stereocenters. The molecular formula is C21H15F6NO2. The van der Waals surface area contributed by atoms with Crippen LogP contribution in [0.25, 0.3) is 0 Å². The summed E-state index contributed by atoms with van der Waals surface area (Å²) in [5, 5.41) is 0. The molecule has 3 rings (SSSR count). The van der Waals surface area contributed by atoms with E-state index in [4.69, 9.17) is 4.74 Å². The predicted molar refractivity (Wildman–Crippen MR) is 97.1 cm³/mol. The van der Waals surface area contributed by atoms with Crippen LogP contribution in [-0.4, -0.2) is 12.2 Å². The number of esters is 1. The fourth-order valence-corrected chi connectivity index (χ4v) is 3.03. The molecule has 0 spiro atoms. The van der Waals surface area contributed by atoms with Gasteiger partial charge in [-0.05, 0) is 48.4 Å². The molecule has 9 heteroatoms. The smallest absolute Gasteiger partial charge is 0.416 e. The van der Waals surface area contributed by atoms with E-state index in [0.717, 1.165) is 24.3 Å². The number of alkyl halides is 6. The Kier molecular flexibility index (Phi) is 5.49. The van der Waals surface area contributed by atoms with Crippen molar-refractivity contribution in [3.63, 3.8) is 0 Å². The van der Waals surface area contributed by atoms with E-state index in [-0.39, 0.29) is 11.3 Å².